The Kier molecular flexibility index (Phi) is 6.75. The first-order valence-corrected chi connectivity index (χ1v) is 8.69. The summed E-state index contributed by atoms with van der Waals surface area (Å²) < 4.78 is 5.65. The van der Waals surface area contributed by atoms with Crippen LogP contribution in [0.4, 0.5) is 0 Å². The van der Waals surface area contributed by atoms with Crippen molar-refractivity contribution in [3.8, 4) is 0 Å². The monoisotopic (exact) mass is 279 g/mol. The summed E-state index contributed by atoms with van der Waals surface area (Å²) in [4.78, 5) is 0. The molecule has 0 aromatic heterocycles. The molecule has 0 bridgehead atoms. The maximum Gasteiger partial charge on any atom is 0.0721 e. The Morgan fingerprint density at radius 1 is 1.21 bits per heavy atom. The molecule has 0 fully saturated rings. The predicted molar refractivity (Wildman–Crippen MR) is 83.7 cm³/mol. The van der Waals surface area contributed by atoms with Crippen molar-refractivity contribution in [3.63, 3.8) is 0 Å². The van der Waals surface area contributed by atoms with Crippen molar-refractivity contribution < 1.29 is 4.74 Å². The van der Waals surface area contributed by atoms with Crippen molar-refractivity contribution in [3.05, 3.63) is 35.4 Å². The van der Waals surface area contributed by atoms with Gasteiger partial charge in [0.25, 0.3) is 0 Å². The average molecular weight is 279 g/mol. The molecular formula is C16H25NOS. The maximum atomic E-state index is 5.65. The first-order valence-electron chi connectivity index (χ1n) is 7.29. The highest BCUT2D eigenvalue weighted by atomic mass is 32.2. The average Bonchev–Trinajstić information content (AvgIpc) is 2.46. The van der Waals surface area contributed by atoms with E-state index in [4.69, 9.17) is 4.74 Å². The SMILES string of the molecule is CSCCCCCCNC1COCc2ccccc21. The van der Waals surface area contributed by atoms with Gasteiger partial charge in [0.2, 0.25) is 0 Å². The quantitative estimate of drug-likeness (QED) is 0.732. The van der Waals surface area contributed by atoms with E-state index in [2.05, 4.69) is 35.8 Å². The Balaban J connectivity index is 1.67. The summed E-state index contributed by atoms with van der Waals surface area (Å²) >= 11 is 1.95. The van der Waals surface area contributed by atoms with Gasteiger partial charge in [0, 0.05) is 0 Å². The number of unbranched alkanes of at least 4 members (excludes halogenated alkanes) is 3. The molecule has 0 saturated carbocycles. The molecule has 2 nitrogen and oxygen atoms in total. The van der Waals surface area contributed by atoms with Crippen LogP contribution >= 0.6 is 11.8 Å². The molecule has 1 aromatic carbocycles. The third-order valence-electron chi connectivity index (χ3n) is 3.64. The zero-order valence-electron chi connectivity index (χ0n) is 11.9. The van der Waals surface area contributed by atoms with Gasteiger partial charge in [-0.1, -0.05) is 37.1 Å². The molecule has 1 N–H and O–H groups in total. The van der Waals surface area contributed by atoms with Crippen LogP contribution in [0, 0.1) is 0 Å². The molecule has 1 aromatic rings. The van der Waals surface area contributed by atoms with Gasteiger partial charge in [-0.15, -0.1) is 0 Å². The van der Waals surface area contributed by atoms with E-state index in [1.807, 2.05) is 11.8 Å². The number of hydrogen-bond acceptors (Lipinski definition) is 3. The Labute approximate surface area is 121 Å². The van der Waals surface area contributed by atoms with Gasteiger partial charge in [-0.05, 0) is 42.5 Å². The molecule has 0 amide bonds. The number of hydrogen-bond donors (Lipinski definition) is 1. The van der Waals surface area contributed by atoms with Crippen LogP contribution in [-0.2, 0) is 11.3 Å². The van der Waals surface area contributed by atoms with Gasteiger partial charge in [0.1, 0.15) is 0 Å². The van der Waals surface area contributed by atoms with Crippen LogP contribution < -0.4 is 5.32 Å². The van der Waals surface area contributed by atoms with Crippen molar-refractivity contribution in [2.75, 3.05) is 25.2 Å². The highest BCUT2D eigenvalue weighted by Gasteiger charge is 2.19. The van der Waals surface area contributed by atoms with Gasteiger partial charge in [0.05, 0.1) is 19.3 Å². The minimum Gasteiger partial charge on any atom is -0.375 e. The number of rotatable bonds is 8. The van der Waals surface area contributed by atoms with E-state index in [-0.39, 0.29) is 0 Å². The summed E-state index contributed by atoms with van der Waals surface area (Å²) in [5, 5.41) is 3.64. The van der Waals surface area contributed by atoms with E-state index in [1.165, 1.54) is 42.6 Å². The molecule has 106 valence electrons. The van der Waals surface area contributed by atoms with Crippen LogP contribution in [0.5, 0.6) is 0 Å². The summed E-state index contributed by atoms with van der Waals surface area (Å²) in [6, 6.07) is 9.01. The van der Waals surface area contributed by atoms with Crippen LogP contribution in [0.15, 0.2) is 24.3 Å². The number of thioether (sulfide) groups is 1. The largest absolute Gasteiger partial charge is 0.375 e. The molecule has 2 rings (SSSR count). The van der Waals surface area contributed by atoms with E-state index >= 15 is 0 Å². The third kappa shape index (κ3) is 4.83. The van der Waals surface area contributed by atoms with E-state index in [1.54, 1.807) is 0 Å². The number of benzene rings is 1. The minimum atomic E-state index is 0.385. The normalized spacial score (nSPS) is 18.3. The second-order valence-corrected chi connectivity index (χ2v) is 6.11. The van der Waals surface area contributed by atoms with Crippen LogP contribution in [0.25, 0.3) is 0 Å². The highest BCUT2D eigenvalue weighted by Crippen LogP contribution is 2.24. The van der Waals surface area contributed by atoms with Gasteiger partial charge in [-0.3, -0.25) is 0 Å². The Morgan fingerprint density at radius 3 is 2.95 bits per heavy atom. The minimum absolute atomic E-state index is 0.385. The first kappa shape index (κ1) is 14.9. The van der Waals surface area contributed by atoms with Gasteiger partial charge >= 0.3 is 0 Å². The summed E-state index contributed by atoms with van der Waals surface area (Å²) in [5.41, 5.74) is 2.77. The van der Waals surface area contributed by atoms with Crippen molar-refractivity contribution >= 4 is 11.8 Å². The number of ether oxygens (including phenoxy) is 1. The fourth-order valence-electron chi connectivity index (χ4n) is 2.55. The van der Waals surface area contributed by atoms with Crippen LogP contribution in [0.1, 0.15) is 42.9 Å². The van der Waals surface area contributed by atoms with Crippen LogP contribution in [-0.4, -0.2) is 25.2 Å². The molecule has 3 heteroatoms. The van der Waals surface area contributed by atoms with Crippen LogP contribution in [0.3, 0.4) is 0 Å². The fourth-order valence-corrected chi connectivity index (χ4v) is 3.05. The molecule has 0 aliphatic carbocycles. The Hall–Kier alpha value is -0.510. The van der Waals surface area contributed by atoms with E-state index in [9.17, 15) is 0 Å². The second kappa shape index (κ2) is 8.62. The summed E-state index contributed by atoms with van der Waals surface area (Å²) in [7, 11) is 0. The van der Waals surface area contributed by atoms with Crippen molar-refractivity contribution in [1.82, 2.24) is 5.32 Å². The molecule has 0 radical (unpaired) electrons. The molecule has 1 aliphatic heterocycles. The summed E-state index contributed by atoms with van der Waals surface area (Å²) in [6.07, 6.45) is 7.51. The molecule has 1 unspecified atom stereocenters. The Morgan fingerprint density at radius 2 is 2.05 bits per heavy atom. The lowest BCUT2D eigenvalue weighted by molar-refractivity contribution is 0.0821. The van der Waals surface area contributed by atoms with Crippen molar-refractivity contribution in [1.29, 1.82) is 0 Å². The smallest absolute Gasteiger partial charge is 0.0721 e. The molecule has 1 atom stereocenters. The zero-order chi connectivity index (χ0) is 13.3. The maximum absolute atomic E-state index is 5.65. The molecular weight excluding hydrogens is 254 g/mol. The fraction of sp³-hybridized carbons (Fsp3) is 0.625. The summed E-state index contributed by atoms with van der Waals surface area (Å²) in [5.74, 6) is 1.30. The van der Waals surface area contributed by atoms with Crippen molar-refractivity contribution in [2.45, 2.75) is 38.3 Å². The topological polar surface area (TPSA) is 21.3 Å². The molecule has 0 saturated heterocycles. The van der Waals surface area contributed by atoms with Crippen LogP contribution in [0.2, 0.25) is 0 Å². The van der Waals surface area contributed by atoms with E-state index in [0.29, 0.717) is 6.04 Å². The van der Waals surface area contributed by atoms with Gasteiger partial charge < -0.3 is 10.1 Å². The summed E-state index contributed by atoms with van der Waals surface area (Å²) in [6.45, 7) is 2.67. The van der Waals surface area contributed by atoms with Gasteiger partial charge in [-0.25, -0.2) is 0 Å². The van der Waals surface area contributed by atoms with Crippen molar-refractivity contribution in [2.24, 2.45) is 0 Å². The molecule has 0 spiro atoms. The second-order valence-electron chi connectivity index (χ2n) is 5.13. The lowest BCUT2D eigenvalue weighted by atomic mass is 9.99. The lowest BCUT2D eigenvalue weighted by Gasteiger charge is -2.26. The standard InChI is InChI=1S/C16H25NOS/c1-19-11-7-3-2-6-10-17-16-13-18-12-14-8-4-5-9-15(14)16/h4-5,8-9,16-17H,2-3,6-7,10-13H2,1H3. The van der Waals surface area contributed by atoms with Gasteiger partial charge in [-0.2, -0.15) is 11.8 Å². The lowest BCUT2D eigenvalue weighted by Crippen LogP contribution is -2.30. The number of nitrogens with one attached hydrogen (secondary N) is 1. The van der Waals surface area contributed by atoms with E-state index < -0.39 is 0 Å². The van der Waals surface area contributed by atoms with Gasteiger partial charge in [0.15, 0.2) is 0 Å². The molecule has 19 heavy (non-hydrogen) atoms. The first-order chi connectivity index (χ1) is 9.42. The highest BCUT2D eigenvalue weighted by molar-refractivity contribution is 7.98. The van der Waals surface area contributed by atoms with E-state index in [0.717, 1.165) is 19.8 Å². The predicted octanol–water partition coefficient (Wildman–Crippen LogP) is 3.77. The zero-order valence-corrected chi connectivity index (χ0v) is 12.7. The number of fused-ring (bicyclic) bond motifs is 1. The third-order valence-corrected chi connectivity index (χ3v) is 4.34. The Bertz CT molecular complexity index is 370. The molecule has 1 heterocycles. The molecule has 1 aliphatic rings.